The van der Waals surface area contributed by atoms with Gasteiger partial charge in [-0.2, -0.15) is 4.68 Å². The van der Waals surface area contributed by atoms with E-state index in [0.29, 0.717) is 30.0 Å². The molecular formula is C22H33N5O5S. The summed E-state index contributed by atoms with van der Waals surface area (Å²) in [4.78, 5) is 26.3. The van der Waals surface area contributed by atoms with E-state index in [4.69, 9.17) is 14.2 Å². The van der Waals surface area contributed by atoms with Gasteiger partial charge in [0.05, 0.1) is 24.2 Å². The van der Waals surface area contributed by atoms with Crippen molar-refractivity contribution in [2.24, 2.45) is 0 Å². The van der Waals surface area contributed by atoms with Crippen LogP contribution in [0.4, 0.5) is 0 Å². The number of carbonyl (C=O) groups excluding carboxylic acids is 2. The van der Waals surface area contributed by atoms with Gasteiger partial charge in [0.15, 0.2) is 5.79 Å². The lowest BCUT2D eigenvalue weighted by atomic mass is 10.0. The number of tetrazole rings is 1. The first kappa shape index (κ1) is 25.3. The number of rotatable bonds is 7. The fourth-order valence-electron chi connectivity index (χ4n) is 3.82. The fraction of sp³-hybridized carbons (Fsp3) is 0.682. The quantitative estimate of drug-likeness (QED) is 0.602. The Balaban J connectivity index is 1.59. The summed E-state index contributed by atoms with van der Waals surface area (Å²) in [7, 11) is 0. The predicted molar refractivity (Wildman–Crippen MR) is 122 cm³/mol. The number of aryl methyl sites for hydroxylation is 1. The molecule has 1 aliphatic rings. The molecule has 0 radical (unpaired) electrons. The van der Waals surface area contributed by atoms with E-state index in [9.17, 15) is 9.59 Å². The van der Waals surface area contributed by atoms with Gasteiger partial charge in [-0.15, -0.1) is 16.4 Å². The van der Waals surface area contributed by atoms with Gasteiger partial charge >= 0.3 is 5.97 Å². The predicted octanol–water partition coefficient (Wildman–Crippen LogP) is 3.10. The minimum Gasteiger partial charge on any atom is -0.460 e. The summed E-state index contributed by atoms with van der Waals surface area (Å²) >= 11 is 1.47. The smallest absolute Gasteiger partial charge is 0.308 e. The molecule has 0 saturated carbocycles. The van der Waals surface area contributed by atoms with Gasteiger partial charge in [-0.1, -0.05) is 0 Å². The van der Waals surface area contributed by atoms with E-state index >= 15 is 0 Å². The van der Waals surface area contributed by atoms with Crippen molar-refractivity contribution in [2.45, 2.75) is 91.3 Å². The summed E-state index contributed by atoms with van der Waals surface area (Å²) in [6, 6.07) is 0. The highest BCUT2D eigenvalue weighted by Gasteiger charge is 2.37. The molecular weight excluding hydrogens is 446 g/mol. The second-order valence-electron chi connectivity index (χ2n) is 9.67. The third-order valence-electron chi connectivity index (χ3n) is 5.14. The van der Waals surface area contributed by atoms with Crippen molar-refractivity contribution in [1.29, 1.82) is 0 Å². The Bertz CT molecular complexity index is 980. The molecule has 1 N–H and O–H groups in total. The summed E-state index contributed by atoms with van der Waals surface area (Å²) in [6.45, 7) is 13.5. The first-order valence-electron chi connectivity index (χ1n) is 11.0. The normalized spacial score (nSPS) is 20.5. The molecule has 0 unspecified atom stereocenters. The van der Waals surface area contributed by atoms with Gasteiger partial charge in [0.1, 0.15) is 16.9 Å². The monoisotopic (exact) mass is 479 g/mol. The van der Waals surface area contributed by atoms with Crippen LogP contribution in [-0.4, -0.2) is 62.2 Å². The van der Waals surface area contributed by atoms with Crippen LogP contribution in [0.2, 0.25) is 0 Å². The van der Waals surface area contributed by atoms with Crippen LogP contribution in [0, 0.1) is 13.8 Å². The maximum atomic E-state index is 13.0. The highest BCUT2D eigenvalue weighted by Crippen LogP contribution is 2.31. The van der Waals surface area contributed by atoms with Crippen LogP contribution in [0.5, 0.6) is 0 Å². The highest BCUT2D eigenvalue weighted by molar-refractivity contribution is 7.15. The number of amides is 1. The molecule has 0 aliphatic carbocycles. The number of hydrogen-bond donors (Lipinski definition) is 1. The number of aromatic nitrogens is 4. The molecule has 33 heavy (non-hydrogen) atoms. The number of nitrogens with zero attached hydrogens (tertiary/aromatic N) is 4. The number of carbonyl (C=O) groups is 2. The third kappa shape index (κ3) is 6.81. The average Bonchev–Trinajstić information content (AvgIpc) is 3.27. The standard InChI is InChI=1S/C22H33N5O5S/c1-13-14(2)33-20(27-12-24-25-26-27)18(13)19(29)23-9-8-15-10-16(31-22(6,7)30-15)11-17(28)32-21(3,4)5/h12,15-16H,8-11H2,1-7H3,(H,23,29)/t15-,16+/m1/s1. The van der Waals surface area contributed by atoms with Crippen molar-refractivity contribution in [3.8, 4) is 5.00 Å². The lowest BCUT2D eigenvalue weighted by Gasteiger charge is -2.40. The van der Waals surface area contributed by atoms with Crippen molar-refractivity contribution in [3.05, 3.63) is 22.3 Å². The molecule has 2 aromatic rings. The van der Waals surface area contributed by atoms with Gasteiger partial charge in [-0.3, -0.25) is 9.59 Å². The first-order valence-corrected chi connectivity index (χ1v) is 11.9. The Morgan fingerprint density at radius 2 is 1.97 bits per heavy atom. The molecule has 182 valence electrons. The largest absolute Gasteiger partial charge is 0.460 e. The van der Waals surface area contributed by atoms with E-state index in [1.54, 1.807) is 0 Å². The Kier molecular flexibility index (Phi) is 7.55. The second kappa shape index (κ2) is 9.86. The molecule has 3 heterocycles. The Hall–Kier alpha value is -2.37. The lowest BCUT2D eigenvalue weighted by molar-refractivity contribution is -0.300. The zero-order valence-corrected chi connectivity index (χ0v) is 21.1. The van der Waals surface area contributed by atoms with Crippen LogP contribution in [-0.2, 0) is 19.0 Å². The molecule has 3 rings (SSSR count). The molecule has 10 nitrogen and oxygen atoms in total. The van der Waals surface area contributed by atoms with Gasteiger partial charge in [-0.25, -0.2) is 0 Å². The molecule has 1 fully saturated rings. The number of ether oxygens (including phenoxy) is 3. The molecule has 2 atom stereocenters. The second-order valence-corrected chi connectivity index (χ2v) is 10.9. The van der Waals surface area contributed by atoms with E-state index < -0.39 is 11.4 Å². The molecule has 1 amide bonds. The third-order valence-corrected chi connectivity index (χ3v) is 6.34. The lowest BCUT2D eigenvalue weighted by Crippen LogP contribution is -2.46. The van der Waals surface area contributed by atoms with Crippen LogP contribution in [0.1, 0.15) is 74.7 Å². The van der Waals surface area contributed by atoms with Crippen molar-refractivity contribution < 1.29 is 23.8 Å². The molecule has 0 bridgehead atoms. The molecule has 1 aliphatic heterocycles. The van der Waals surface area contributed by atoms with E-state index in [2.05, 4.69) is 20.8 Å². The Labute approximate surface area is 198 Å². The van der Waals surface area contributed by atoms with E-state index in [0.717, 1.165) is 10.4 Å². The van der Waals surface area contributed by atoms with Crippen LogP contribution in [0.15, 0.2) is 6.33 Å². The number of esters is 1. The maximum absolute atomic E-state index is 13.0. The fourth-order valence-corrected chi connectivity index (χ4v) is 4.89. The summed E-state index contributed by atoms with van der Waals surface area (Å²) < 4.78 is 18.9. The minimum atomic E-state index is -0.825. The average molecular weight is 480 g/mol. The van der Waals surface area contributed by atoms with Crippen LogP contribution in [0.25, 0.3) is 5.00 Å². The Morgan fingerprint density at radius 1 is 1.27 bits per heavy atom. The van der Waals surface area contributed by atoms with Crippen molar-refractivity contribution in [2.75, 3.05) is 6.54 Å². The number of nitrogens with one attached hydrogen (secondary N) is 1. The number of thiophene rings is 1. The molecule has 0 spiro atoms. The number of hydrogen-bond acceptors (Lipinski definition) is 9. The molecule has 2 aromatic heterocycles. The summed E-state index contributed by atoms with van der Waals surface area (Å²) in [5.41, 5.74) is 0.936. The van der Waals surface area contributed by atoms with Gasteiger partial charge in [0.2, 0.25) is 0 Å². The zero-order valence-electron chi connectivity index (χ0n) is 20.3. The van der Waals surface area contributed by atoms with Crippen molar-refractivity contribution in [1.82, 2.24) is 25.5 Å². The van der Waals surface area contributed by atoms with E-state index in [1.165, 1.54) is 22.3 Å². The van der Waals surface area contributed by atoms with Gasteiger partial charge in [0, 0.05) is 17.8 Å². The van der Waals surface area contributed by atoms with Gasteiger partial charge < -0.3 is 19.5 Å². The summed E-state index contributed by atoms with van der Waals surface area (Å²) in [6.07, 6.45) is 2.31. The van der Waals surface area contributed by atoms with Crippen molar-refractivity contribution in [3.63, 3.8) is 0 Å². The first-order chi connectivity index (χ1) is 15.3. The topological polar surface area (TPSA) is 117 Å². The molecule has 0 aromatic carbocycles. The van der Waals surface area contributed by atoms with Crippen LogP contribution >= 0.6 is 11.3 Å². The summed E-state index contributed by atoms with van der Waals surface area (Å²) in [5.74, 6) is -1.30. The Morgan fingerprint density at radius 3 is 2.61 bits per heavy atom. The van der Waals surface area contributed by atoms with E-state index in [1.807, 2.05) is 48.5 Å². The van der Waals surface area contributed by atoms with Crippen molar-refractivity contribution >= 4 is 23.2 Å². The van der Waals surface area contributed by atoms with E-state index in [-0.39, 0.29) is 30.5 Å². The summed E-state index contributed by atoms with van der Waals surface area (Å²) in [5, 5.41) is 14.9. The molecule has 1 saturated heterocycles. The zero-order chi connectivity index (χ0) is 24.4. The van der Waals surface area contributed by atoms with Gasteiger partial charge in [0.25, 0.3) is 5.91 Å². The SMILES string of the molecule is Cc1sc(-n2cnnn2)c(C(=O)NCC[C@@H]2C[C@@H](CC(=O)OC(C)(C)C)OC(C)(C)O2)c1C. The van der Waals surface area contributed by atoms with Crippen LogP contribution < -0.4 is 5.32 Å². The maximum Gasteiger partial charge on any atom is 0.308 e. The highest BCUT2D eigenvalue weighted by atomic mass is 32.1. The van der Waals surface area contributed by atoms with Gasteiger partial charge in [-0.05, 0) is 70.9 Å². The molecule has 11 heteroatoms. The van der Waals surface area contributed by atoms with Crippen LogP contribution in [0.3, 0.4) is 0 Å². The minimum absolute atomic E-state index is 0.161.